The maximum atomic E-state index is 9.57. The highest BCUT2D eigenvalue weighted by molar-refractivity contribution is 4.87. The smallest absolute Gasteiger partial charge is 0.0668 e. The van der Waals surface area contributed by atoms with Gasteiger partial charge in [-0.25, -0.2) is 0 Å². The van der Waals surface area contributed by atoms with E-state index in [-0.39, 0.29) is 11.5 Å². The van der Waals surface area contributed by atoms with Crippen LogP contribution in [0.3, 0.4) is 0 Å². The molecule has 0 amide bonds. The van der Waals surface area contributed by atoms with Crippen molar-refractivity contribution in [2.45, 2.75) is 78.4 Å². The summed E-state index contributed by atoms with van der Waals surface area (Å²) >= 11 is 0. The van der Waals surface area contributed by atoms with Gasteiger partial charge < -0.3 is 10.8 Å². The van der Waals surface area contributed by atoms with Crippen molar-refractivity contribution in [2.75, 3.05) is 0 Å². The molecule has 0 aromatic carbocycles. The highest BCUT2D eigenvalue weighted by Crippen LogP contribution is 2.32. The van der Waals surface area contributed by atoms with Gasteiger partial charge in [0.25, 0.3) is 0 Å². The second-order valence-electron chi connectivity index (χ2n) is 5.08. The van der Waals surface area contributed by atoms with Gasteiger partial charge in [-0.2, -0.15) is 0 Å². The van der Waals surface area contributed by atoms with E-state index in [2.05, 4.69) is 20.8 Å². The molecule has 0 fully saturated rings. The monoisotopic (exact) mass is 215 g/mol. The van der Waals surface area contributed by atoms with Crippen LogP contribution in [0.15, 0.2) is 0 Å². The van der Waals surface area contributed by atoms with Crippen molar-refractivity contribution in [1.82, 2.24) is 0 Å². The molecule has 0 spiro atoms. The van der Waals surface area contributed by atoms with E-state index in [4.69, 9.17) is 5.73 Å². The molecule has 0 aromatic rings. The minimum atomic E-state index is -0.402. The molecule has 0 aromatic heterocycles. The fraction of sp³-hybridized carbons (Fsp3) is 1.00. The van der Waals surface area contributed by atoms with E-state index in [1.54, 1.807) is 6.92 Å². The molecule has 15 heavy (non-hydrogen) atoms. The third-order valence-electron chi connectivity index (χ3n) is 3.73. The summed E-state index contributed by atoms with van der Waals surface area (Å²) in [5, 5.41) is 9.57. The van der Waals surface area contributed by atoms with E-state index in [0.717, 1.165) is 12.8 Å². The summed E-state index contributed by atoms with van der Waals surface area (Å²) < 4.78 is 0. The van der Waals surface area contributed by atoms with Gasteiger partial charge in [0.05, 0.1) is 6.10 Å². The van der Waals surface area contributed by atoms with Crippen LogP contribution in [-0.2, 0) is 0 Å². The number of aliphatic hydroxyl groups excluding tert-OH is 1. The lowest BCUT2D eigenvalue weighted by Crippen LogP contribution is -2.46. The SMILES string of the molecule is CCCCCCC(C)(CC)[C@H](N)[C@@H](C)O. The van der Waals surface area contributed by atoms with Crippen LogP contribution in [0.1, 0.15) is 66.2 Å². The standard InChI is InChI=1S/C13H29NO/c1-5-7-8-9-10-13(4,6-2)12(14)11(3)15/h11-12,15H,5-10,14H2,1-4H3/t11-,12-,13?/m1/s1. The molecule has 0 saturated heterocycles. The molecule has 0 aliphatic carbocycles. The van der Waals surface area contributed by atoms with Crippen LogP contribution in [0, 0.1) is 5.41 Å². The van der Waals surface area contributed by atoms with Crippen molar-refractivity contribution in [3.8, 4) is 0 Å². The summed E-state index contributed by atoms with van der Waals surface area (Å²) in [4.78, 5) is 0. The first-order valence-corrected chi connectivity index (χ1v) is 6.41. The zero-order chi connectivity index (χ0) is 11.9. The first kappa shape index (κ1) is 14.9. The third kappa shape index (κ3) is 4.98. The summed E-state index contributed by atoms with van der Waals surface area (Å²) in [6.07, 6.45) is 6.88. The first-order valence-electron chi connectivity index (χ1n) is 6.41. The summed E-state index contributed by atoms with van der Waals surface area (Å²) in [6.45, 7) is 8.39. The molecule has 1 unspecified atom stereocenters. The number of hydrogen-bond acceptors (Lipinski definition) is 2. The molecule has 2 heteroatoms. The lowest BCUT2D eigenvalue weighted by Gasteiger charge is -2.36. The highest BCUT2D eigenvalue weighted by Gasteiger charge is 2.32. The summed E-state index contributed by atoms with van der Waals surface area (Å²) in [7, 11) is 0. The van der Waals surface area contributed by atoms with Crippen LogP contribution >= 0.6 is 0 Å². The molecule has 0 aliphatic rings. The van der Waals surface area contributed by atoms with Crippen molar-refractivity contribution in [3.63, 3.8) is 0 Å². The van der Waals surface area contributed by atoms with Gasteiger partial charge in [-0.05, 0) is 25.2 Å². The van der Waals surface area contributed by atoms with Crippen molar-refractivity contribution < 1.29 is 5.11 Å². The Labute approximate surface area is 95.3 Å². The minimum absolute atomic E-state index is 0.0934. The van der Waals surface area contributed by atoms with E-state index >= 15 is 0 Å². The van der Waals surface area contributed by atoms with Crippen molar-refractivity contribution in [1.29, 1.82) is 0 Å². The molecule has 92 valence electrons. The van der Waals surface area contributed by atoms with Crippen LogP contribution < -0.4 is 5.73 Å². The summed E-state index contributed by atoms with van der Waals surface area (Å²) in [6, 6.07) is -0.0934. The largest absolute Gasteiger partial charge is 0.392 e. The van der Waals surface area contributed by atoms with Crippen molar-refractivity contribution in [3.05, 3.63) is 0 Å². The molecule has 3 atom stereocenters. The van der Waals surface area contributed by atoms with Gasteiger partial charge in [0, 0.05) is 6.04 Å². The van der Waals surface area contributed by atoms with Gasteiger partial charge in [-0.3, -0.25) is 0 Å². The Morgan fingerprint density at radius 2 is 1.80 bits per heavy atom. The van der Waals surface area contributed by atoms with Gasteiger partial charge in [-0.15, -0.1) is 0 Å². The Morgan fingerprint density at radius 3 is 2.20 bits per heavy atom. The van der Waals surface area contributed by atoms with Gasteiger partial charge in [0.2, 0.25) is 0 Å². The molecule has 0 bridgehead atoms. The Morgan fingerprint density at radius 1 is 1.20 bits per heavy atom. The lowest BCUT2D eigenvalue weighted by molar-refractivity contribution is 0.0786. The molecule has 3 N–H and O–H groups in total. The lowest BCUT2D eigenvalue weighted by atomic mass is 9.74. The van der Waals surface area contributed by atoms with E-state index in [0.29, 0.717) is 0 Å². The van der Waals surface area contributed by atoms with E-state index < -0.39 is 6.10 Å². The Kier molecular flexibility index (Phi) is 7.20. The predicted octanol–water partition coefficient (Wildman–Crippen LogP) is 3.08. The minimum Gasteiger partial charge on any atom is -0.392 e. The molecular formula is C13H29NO. The van der Waals surface area contributed by atoms with Gasteiger partial charge in [0.1, 0.15) is 0 Å². The van der Waals surface area contributed by atoms with Crippen LogP contribution in [-0.4, -0.2) is 17.3 Å². The average Bonchev–Trinajstić information content (AvgIpc) is 2.23. The Balaban J connectivity index is 4.06. The second kappa shape index (κ2) is 7.24. The highest BCUT2D eigenvalue weighted by atomic mass is 16.3. The fourth-order valence-corrected chi connectivity index (χ4v) is 2.12. The van der Waals surface area contributed by atoms with E-state index in [1.807, 2.05) is 0 Å². The first-order chi connectivity index (χ1) is 6.98. The molecule has 0 aliphatic heterocycles. The number of hydrogen-bond donors (Lipinski definition) is 2. The van der Waals surface area contributed by atoms with Crippen LogP contribution in [0.2, 0.25) is 0 Å². The van der Waals surface area contributed by atoms with Crippen LogP contribution in [0.4, 0.5) is 0 Å². The van der Waals surface area contributed by atoms with Gasteiger partial charge in [-0.1, -0.05) is 46.5 Å². The molecular weight excluding hydrogens is 186 g/mol. The number of aliphatic hydroxyl groups is 1. The topological polar surface area (TPSA) is 46.2 Å². The zero-order valence-corrected chi connectivity index (χ0v) is 10.9. The average molecular weight is 215 g/mol. The van der Waals surface area contributed by atoms with Gasteiger partial charge in [0.15, 0.2) is 0 Å². The van der Waals surface area contributed by atoms with E-state index in [1.165, 1.54) is 25.7 Å². The number of nitrogens with two attached hydrogens (primary N) is 1. The van der Waals surface area contributed by atoms with Crippen LogP contribution in [0.25, 0.3) is 0 Å². The second-order valence-corrected chi connectivity index (χ2v) is 5.08. The van der Waals surface area contributed by atoms with Gasteiger partial charge >= 0.3 is 0 Å². The summed E-state index contributed by atoms with van der Waals surface area (Å²) in [5.74, 6) is 0. The van der Waals surface area contributed by atoms with E-state index in [9.17, 15) is 5.11 Å². The number of rotatable bonds is 8. The van der Waals surface area contributed by atoms with Crippen molar-refractivity contribution in [2.24, 2.45) is 11.1 Å². The third-order valence-corrected chi connectivity index (χ3v) is 3.73. The maximum Gasteiger partial charge on any atom is 0.0668 e. The predicted molar refractivity (Wildman–Crippen MR) is 66.8 cm³/mol. The Bertz CT molecular complexity index is 159. The number of unbranched alkanes of at least 4 members (excludes halogenated alkanes) is 3. The molecule has 2 nitrogen and oxygen atoms in total. The Hall–Kier alpha value is -0.0800. The molecule has 0 radical (unpaired) electrons. The molecule has 0 rings (SSSR count). The normalized spacial score (nSPS) is 19.6. The van der Waals surface area contributed by atoms with Crippen molar-refractivity contribution >= 4 is 0 Å². The maximum absolute atomic E-state index is 9.57. The fourth-order valence-electron chi connectivity index (χ4n) is 2.12. The summed E-state index contributed by atoms with van der Waals surface area (Å²) in [5.41, 5.74) is 6.17. The quantitative estimate of drug-likeness (QED) is 0.611. The molecule has 0 saturated carbocycles. The zero-order valence-electron chi connectivity index (χ0n) is 10.9. The molecule has 0 heterocycles. The van der Waals surface area contributed by atoms with Crippen LogP contribution in [0.5, 0.6) is 0 Å².